The van der Waals surface area contributed by atoms with Gasteiger partial charge in [0.15, 0.2) is 0 Å². The molecule has 7 heteroatoms. The molecule has 19 heavy (non-hydrogen) atoms. The predicted molar refractivity (Wildman–Crippen MR) is 75.9 cm³/mol. The third-order valence-corrected chi connectivity index (χ3v) is 4.61. The van der Waals surface area contributed by atoms with Crippen LogP contribution in [0.15, 0.2) is 29.2 Å². The fourth-order valence-corrected chi connectivity index (χ4v) is 2.93. The highest BCUT2D eigenvalue weighted by Crippen LogP contribution is 2.17. The van der Waals surface area contributed by atoms with Crippen molar-refractivity contribution in [1.29, 1.82) is 0 Å². The molecule has 0 spiro atoms. The number of hydrogen-bond donors (Lipinski definition) is 2. The van der Waals surface area contributed by atoms with Gasteiger partial charge in [0.25, 0.3) is 0 Å². The van der Waals surface area contributed by atoms with Crippen LogP contribution in [0.1, 0.15) is 20.8 Å². The van der Waals surface area contributed by atoms with Crippen molar-refractivity contribution >= 4 is 33.2 Å². The lowest BCUT2D eigenvalue weighted by Crippen LogP contribution is -2.44. The Bertz CT molecular complexity index is 553. The van der Waals surface area contributed by atoms with E-state index in [1.807, 2.05) is 0 Å². The van der Waals surface area contributed by atoms with E-state index in [1.54, 1.807) is 13.8 Å². The summed E-state index contributed by atoms with van der Waals surface area (Å²) in [6.07, 6.45) is 0. The Balaban J connectivity index is 2.94. The molecule has 0 saturated carbocycles. The number of nitrogens with one attached hydrogen (secondary N) is 2. The number of rotatable bonds is 5. The van der Waals surface area contributed by atoms with Gasteiger partial charge >= 0.3 is 0 Å². The molecule has 0 fully saturated rings. The van der Waals surface area contributed by atoms with Crippen molar-refractivity contribution in [3.05, 3.63) is 24.3 Å². The normalized spacial score (nSPS) is 12.2. The fourth-order valence-electron chi connectivity index (χ4n) is 1.37. The minimum absolute atomic E-state index is 0.125. The van der Waals surface area contributed by atoms with Gasteiger partial charge in [-0.2, -0.15) is 0 Å². The minimum Gasteiger partial charge on any atom is -0.326 e. The van der Waals surface area contributed by atoms with E-state index in [-0.39, 0.29) is 16.7 Å². The zero-order valence-corrected chi connectivity index (χ0v) is 12.6. The van der Waals surface area contributed by atoms with Gasteiger partial charge in [0, 0.05) is 24.0 Å². The number of carbonyl (C=O) groups is 1. The Kier molecular flexibility index (Phi) is 4.95. The molecule has 0 aliphatic heterocycles. The van der Waals surface area contributed by atoms with E-state index in [0.29, 0.717) is 5.69 Å². The number of anilines is 1. The maximum Gasteiger partial charge on any atom is 0.241 e. The number of hydrogen-bond acceptors (Lipinski definition) is 3. The average molecular weight is 305 g/mol. The maximum atomic E-state index is 12.1. The number of alkyl halides is 1. The molecule has 1 rings (SSSR count). The minimum atomic E-state index is -3.62. The van der Waals surface area contributed by atoms with E-state index in [1.165, 1.54) is 31.2 Å². The molecule has 2 N–H and O–H groups in total. The summed E-state index contributed by atoms with van der Waals surface area (Å²) in [6, 6.07) is 5.92. The van der Waals surface area contributed by atoms with E-state index < -0.39 is 15.6 Å². The number of carbonyl (C=O) groups excluding carboxylic acids is 1. The summed E-state index contributed by atoms with van der Waals surface area (Å²) in [4.78, 5) is 11.0. The number of halogens is 1. The summed E-state index contributed by atoms with van der Waals surface area (Å²) >= 11 is 5.69. The summed E-state index contributed by atoms with van der Waals surface area (Å²) in [5.41, 5.74) is -0.181. The standard InChI is InChI=1S/C12H17ClN2O3S/c1-9(16)14-10-4-6-11(7-5-10)19(17,18)15-12(2,3)8-13/h4-7,15H,8H2,1-3H3,(H,14,16). The highest BCUT2D eigenvalue weighted by Gasteiger charge is 2.25. The summed E-state index contributed by atoms with van der Waals surface area (Å²) in [7, 11) is -3.62. The Morgan fingerprint density at radius 1 is 1.26 bits per heavy atom. The van der Waals surface area contributed by atoms with Gasteiger partial charge in [-0.25, -0.2) is 13.1 Å². The van der Waals surface area contributed by atoms with Crippen LogP contribution in [0.5, 0.6) is 0 Å². The summed E-state index contributed by atoms with van der Waals surface area (Å²) < 4.78 is 26.7. The number of sulfonamides is 1. The van der Waals surface area contributed by atoms with E-state index >= 15 is 0 Å². The van der Waals surface area contributed by atoms with Gasteiger partial charge in [0.1, 0.15) is 0 Å². The van der Waals surface area contributed by atoms with Crippen LogP contribution >= 0.6 is 11.6 Å². The SMILES string of the molecule is CC(=O)Nc1ccc(S(=O)(=O)NC(C)(C)CCl)cc1. The van der Waals surface area contributed by atoms with E-state index in [4.69, 9.17) is 11.6 Å². The van der Waals surface area contributed by atoms with Gasteiger partial charge < -0.3 is 5.32 Å². The third-order valence-electron chi connectivity index (χ3n) is 2.23. The molecule has 1 amide bonds. The maximum absolute atomic E-state index is 12.1. The summed E-state index contributed by atoms with van der Waals surface area (Å²) in [6.45, 7) is 4.78. The average Bonchev–Trinajstić information content (AvgIpc) is 2.27. The molecule has 0 heterocycles. The Labute approximate surface area is 118 Å². The smallest absolute Gasteiger partial charge is 0.241 e. The van der Waals surface area contributed by atoms with Crippen LogP contribution in [0.4, 0.5) is 5.69 Å². The van der Waals surface area contributed by atoms with Gasteiger partial charge in [-0.1, -0.05) is 0 Å². The monoisotopic (exact) mass is 304 g/mol. The molecule has 0 atom stereocenters. The highest BCUT2D eigenvalue weighted by molar-refractivity contribution is 7.89. The Hall–Kier alpha value is -1.11. The molecule has 0 bridgehead atoms. The Morgan fingerprint density at radius 3 is 2.21 bits per heavy atom. The second-order valence-electron chi connectivity index (χ2n) is 4.83. The lowest BCUT2D eigenvalue weighted by molar-refractivity contribution is -0.114. The van der Waals surface area contributed by atoms with Crippen LogP contribution < -0.4 is 10.0 Å². The molecular weight excluding hydrogens is 288 g/mol. The van der Waals surface area contributed by atoms with Gasteiger partial charge in [-0.05, 0) is 38.1 Å². The van der Waals surface area contributed by atoms with Crippen molar-refractivity contribution in [3.8, 4) is 0 Å². The lowest BCUT2D eigenvalue weighted by atomic mass is 10.1. The van der Waals surface area contributed by atoms with Crippen molar-refractivity contribution < 1.29 is 13.2 Å². The summed E-state index contributed by atoms with van der Waals surface area (Å²) in [5.74, 6) is -0.0482. The van der Waals surface area contributed by atoms with Gasteiger partial charge in [-0.3, -0.25) is 4.79 Å². The van der Waals surface area contributed by atoms with Gasteiger partial charge in [-0.15, -0.1) is 11.6 Å². The largest absolute Gasteiger partial charge is 0.326 e. The van der Waals surface area contributed by atoms with Crippen LogP contribution in [-0.4, -0.2) is 25.7 Å². The highest BCUT2D eigenvalue weighted by atomic mass is 35.5. The molecule has 5 nitrogen and oxygen atoms in total. The van der Waals surface area contributed by atoms with Crippen molar-refractivity contribution in [2.75, 3.05) is 11.2 Å². The van der Waals surface area contributed by atoms with Gasteiger partial charge in [0.05, 0.1) is 4.90 Å². The van der Waals surface area contributed by atoms with Crippen LogP contribution in [0.2, 0.25) is 0 Å². The van der Waals surface area contributed by atoms with Crippen molar-refractivity contribution in [2.45, 2.75) is 31.2 Å². The van der Waals surface area contributed by atoms with E-state index in [2.05, 4.69) is 10.0 Å². The molecule has 0 unspecified atom stereocenters. The van der Waals surface area contributed by atoms with Crippen molar-refractivity contribution in [3.63, 3.8) is 0 Å². The predicted octanol–water partition coefficient (Wildman–Crippen LogP) is 1.94. The van der Waals surface area contributed by atoms with Crippen molar-refractivity contribution in [2.24, 2.45) is 0 Å². The zero-order valence-electron chi connectivity index (χ0n) is 11.0. The zero-order chi connectivity index (χ0) is 14.7. The van der Waals surface area contributed by atoms with Crippen LogP contribution in [0, 0.1) is 0 Å². The first-order valence-corrected chi connectivity index (χ1v) is 7.66. The Morgan fingerprint density at radius 2 is 1.79 bits per heavy atom. The second-order valence-corrected chi connectivity index (χ2v) is 6.78. The fraction of sp³-hybridized carbons (Fsp3) is 0.417. The van der Waals surface area contributed by atoms with Crippen LogP contribution in [0.3, 0.4) is 0 Å². The summed E-state index contributed by atoms with van der Waals surface area (Å²) in [5, 5.41) is 2.57. The van der Waals surface area contributed by atoms with Crippen molar-refractivity contribution in [1.82, 2.24) is 4.72 Å². The molecule has 0 radical (unpaired) electrons. The topological polar surface area (TPSA) is 75.3 Å². The molecular formula is C12H17ClN2O3S. The molecule has 1 aromatic rings. The first-order chi connectivity index (χ1) is 8.66. The first kappa shape index (κ1) is 15.9. The second kappa shape index (κ2) is 5.90. The van der Waals surface area contributed by atoms with Crippen LogP contribution in [0.25, 0.3) is 0 Å². The molecule has 1 aromatic carbocycles. The van der Waals surface area contributed by atoms with E-state index in [9.17, 15) is 13.2 Å². The first-order valence-electron chi connectivity index (χ1n) is 5.64. The molecule has 0 saturated heterocycles. The molecule has 0 aliphatic rings. The lowest BCUT2D eigenvalue weighted by Gasteiger charge is -2.23. The van der Waals surface area contributed by atoms with Crippen LogP contribution in [-0.2, 0) is 14.8 Å². The van der Waals surface area contributed by atoms with E-state index in [0.717, 1.165) is 0 Å². The number of amides is 1. The molecule has 106 valence electrons. The van der Waals surface area contributed by atoms with Gasteiger partial charge in [0.2, 0.25) is 15.9 Å². The third kappa shape index (κ3) is 4.81. The molecule has 0 aromatic heterocycles. The number of benzene rings is 1. The quantitative estimate of drug-likeness (QED) is 0.816. The molecule has 0 aliphatic carbocycles.